The van der Waals surface area contributed by atoms with E-state index in [0.717, 1.165) is 8.95 Å². The monoisotopic (exact) mass is 606 g/mol. The summed E-state index contributed by atoms with van der Waals surface area (Å²) in [6, 6.07) is 13.6. The molecule has 2 aromatic rings. The molecule has 2 rings (SSSR count). The quantitative estimate of drug-likeness (QED) is 0.498. The molecule has 106 valence electrons. The van der Waals surface area contributed by atoms with Gasteiger partial charge in [-0.15, -0.1) is 0 Å². The number of benzene rings is 2. The van der Waals surface area contributed by atoms with Gasteiger partial charge in [0, 0.05) is 0 Å². The van der Waals surface area contributed by atoms with Gasteiger partial charge in [-0.25, -0.2) is 0 Å². The molecule has 4 nitrogen and oxygen atoms in total. The maximum absolute atomic E-state index is 11.7. The fourth-order valence-corrected chi connectivity index (χ4v) is 3.58. The van der Waals surface area contributed by atoms with Crippen LogP contribution < -0.4 is 0 Å². The maximum atomic E-state index is 11.7. The number of carbonyl (C=O) groups excluding carboxylic acids is 2. The Kier molecular flexibility index (Phi) is 6.37. The number of carbonyl (C=O) groups is 2. The van der Waals surface area contributed by atoms with Crippen LogP contribution in [0.2, 0.25) is 0 Å². The van der Waals surface area contributed by atoms with Crippen LogP contribution in [0.4, 0.5) is 0 Å². The van der Waals surface area contributed by atoms with Crippen LogP contribution in [-0.2, 0) is 5.37 Å². The zero-order chi connectivity index (χ0) is 15.2. The molecule has 0 heterocycles. The Hall–Kier alpha value is -0.738. The van der Waals surface area contributed by atoms with E-state index in [9.17, 15) is 9.59 Å². The predicted molar refractivity (Wildman–Crippen MR) is 84.9 cm³/mol. The number of hydrogen-bond acceptors (Lipinski definition) is 4. The van der Waals surface area contributed by atoms with E-state index >= 15 is 0 Å². The van der Waals surface area contributed by atoms with Gasteiger partial charge in [-0.05, 0) is 0 Å². The second kappa shape index (κ2) is 8.04. The summed E-state index contributed by atoms with van der Waals surface area (Å²) < 4.78 is 11.9. The van der Waals surface area contributed by atoms with E-state index in [1.165, 1.54) is 0 Å². The molecule has 0 aliphatic heterocycles. The van der Waals surface area contributed by atoms with Gasteiger partial charge < -0.3 is 0 Å². The van der Waals surface area contributed by atoms with Crippen molar-refractivity contribution in [3.05, 3.63) is 68.6 Å². The summed E-state index contributed by atoms with van der Waals surface area (Å²) in [7, 11) is 0. The van der Waals surface area contributed by atoms with Crippen LogP contribution in [0.1, 0.15) is 20.7 Å². The normalized spacial score (nSPS) is 10.0. The zero-order valence-electron chi connectivity index (χ0n) is 10.5. The SMILES string of the molecule is O=C([O][Pb][O]C(=O)c1ccc(Br)cc1)c1ccc(Br)cc1. The van der Waals surface area contributed by atoms with Crippen molar-refractivity contribution in [2.24, 2.45) is 0 Å². The van der Waals surface area contributed by atoms with Crippen molar-refractivity contribution in [1.82, 2.24) is 0 Å². The summed E-state index contributed by atoms with van der Waals surface area (Å²) in [4.78, 5) is 23.5. The first-order valence-electron chi connectivity index (χ1n) is 5.75. The molecule has 0 fully saturated rings. The van der Waals surface area contributed by atoms with Crippen LogP contribution in [-0.4, -0.2) is 37.1 Å². The molecule has 0 saturated carbocycles. The van der Waals surface area contributed by atoms with E-state index in [1.54, 1.807) is 48.5 Å². The minimum atomic E-state index is -2.23. The molecule has 0 saturated heterocycles. The Morgan fingerprint density at radius 2 is 1.05 bits per heavy atom. The summed E-state index contributed by atoms with van der Waals surface area (Å²) in [5.41, 5.74) is 0.871. The van der Waals surface area contributed by atoms with E-state index in [1.807, 2.05) is 0 Å². The molecule has 0 aliphatic carbocycles. The average molecular weight is 607 g/mol. The number of hydrogen-bond donors (Lipinski definition) is 0. The van der Waals surface area contributed by atoms with Gasteiger partial charge >= 0.3 is 153 Å². The molecule has 2 aromatic carbocycles. The van der Waals surface area contributed by atoms with Crippen LogP contribution in [0.5, 0.6) is 0 Å². The van der Waals surface area contributed by atoms with Gasteiger partial charge in [0.15, 0.2) is 0 Å². The van der Waals surface area contributed by atoms with Gasteiger partial charge in [0.25, 0.3) is 0 Å². The van der Waals surface area contributed by atoms with E-state index in [-0.39, 0.29) is 0 Å². The van der Waals surface area contributed by atoms with E-state index in [2.05, 4.69) is 31.9 Å². The Bertz CT molecular complexity index is 584. The molecular formula is C14H8Br2O4Pb. The van der Waals surface area contributed by atoms with Crippen molar-refractivity contribution >= 4 is 68.9 Å². The number of rotatable bonds is 4. The van der Waals surface area contributed by atoms with Gasteiger partial charge in [-0.1, -0.05) is 0 Å². The first-order chi connectivity index (χ1) is 10.1. The summed E-state index contributed by atoms with van der Waals surface area (Å²) >= 11 is 4.34. The molecule has 0 unspecified atom stereocenters. The third-order valence-corrected chi connectivity index (χ3v) is 5.58. The Balaban J connectivity index is 1.83. The van der Waals surface area contributed by atoms with E-state index < -0.39 is 37.1 Å². The molecule has 0 bridgehead atoms. The first-order valence-corrected chi connectivity index (χ1v) is 10.5. The second-order valence-electron chi connectivity index (χ2n) is 3.88. The van der Waals surface area contributed by atoms with Crippen LogP contribution in [0.25, 0.3) is 0 Å². The summed E-state index contributed by atoms with van der Waals surface area (Å²) in [5.74, 6) is -0.927. The molecule has 0 aromatic heterocycles. The van der Waals surface area contributed by atoms with Crippen molar-refractivity contribution < 1.29 is 15.0 Å². The predicted octanol–water partition coefficient (Wildman–Crippen LogP) is 3.76. The topological polar surface area (TPSA) is 52.6 Å². The molecule has 7 heteroatoms. The van der Waals surface area contributed by atoms with Gasteiger partial charge in [0.1, 0.15) is 0 Å². The van der Waals surface area contributed by atoms with Gasteiger partial charge in [-0.3, -0.25) is 0 Å². The second-order valence-corrected chi connectivity index (χ2v) is 7.94. The van der Waals surface area contributed by atoms with Gasteiger partial charge in [0.2, 0.25) is 0 Å². The summed E-state index contributed by atoms with van der Waals surface area (Å²) in [6.07, 6.45) is 0. The summed E-state index contributed by atoms with van der Waals surface area (Å²) in [6.45, 7) is 0. The minimum absolute atomic E-state index is 0.436. The van der Waals surface area contributed by atoms with Crippen molar-refractivity contribution in [1.29, 1.82) is 0 Å². The van der Waals surface area contributed by atoms with E-state index in [0.29, 0.717) is 11.1 Å². The van der Waals surface area contributed by atoms with Crippen molar-refractivity contribution in [3.8, 4) is 0 Å². The fourth-order valence-electron chi connectivity index (χ4n) is 1.39. The third-order valence-electron chi connectivity index (χ3n) is 2.43. The molecule has 0 atom stereocenters. The van der Waals surface area contributed by atoms with Crippen LogP contribution in [0.3, 0.4) is 0 Å². The molecule has 0 spiro atoms. The Morgan fingerprint density at radius 3 is 1.38 bits per heavy atom. The van der Waals surface area contributed by atoms with Crippen molar-refractivity contribution in [3.63, 3.8) is 0 Å². The Labute approximate surface area is 151 Å². The summed E-state index contributed by atoms with van der Waals surface area (Å²) in [5, 5.41) is 0. The molecule has 21 heavy (non-hydrogen) atoms. The average Bonchev–Trinajstić information content (AvgIpc) is 2.48. The third kappa shape index (κ3) is 5.19. The molecule has 2 radical (unpaired) electrons. The number of halogens is 2. The van der Waals surface area contributed by atoms with Crippen LogP contribution in [0, 0.1) is 0 Å². The van der Waals surface area contributed by atoms with Crippen LogP contribution >= 0.6 is 31.9 Å². The fraction of sp³-hybridized carbons (Fsp3) is 0. The van der Waals surface area contributed by atoms with E-state index in [4.69, 9.17) is 5.37 Å². The van der Waals surface area contributed by atoms with Gasteiger partial charge in [-0.2, -0.15) is 0 Å². The first kappa shape index (κ1) is 16.6. The van der Waals surface area contributed by atoms with Gasteiger partial charge in [0.05, 0.1) is 0 Å². The van der Waals surface area contributed by atoms with Crippen LogP contribution in [0.15, 0.2) is 57.5 Å². The van der Waals surface area contributed by atoms with Crippen molar-refractivity contribution in [2.75, 3.05) is 0 Å². The molecule has 0 amide bonds. The van der Waals surface area contributed by atoms with Crippen molar-refractivity contribution in [2.45, 2.75) is 0 Å². The molecule has 0 N–H and O–H groups in total. The standard InChI is InChI=1S/2C7H5BrO2.Pb/c2*8-6-3-1-5(2-4-6)7(9)10;/h2*1-4H,(H,9,10);/q;;+2/p-2. The Morgan fingerprint density at radius 1 is 0.714 bits per heavy atom. The molecule has 0 aliphatic rings. The zero-order valence-corrected chi connectivity index (χ0v) is 17.6. The molecular weight excluding hydrogens is 599 g/mol.